The molecule has 0 bridgehead atoms. The summed E-state index contributed by atoms with van der Waals surface area (Å²) >= 11 is 1.67. The van der Waals surface area contributed by atoms with Gasteiger partial charge in [0.1, 0.15) is 12.0 Å². The standard InChI is InChI=1S/C27H33N3O2S/c1-19(2)30(20(3)21-7-5-4-6-8-21)27(31)23-9-13-24(14-10-23)29-33-25-15-11-22(12-16-25)26-17-32-18-28-26/h4-8,11-12,15-20,23-24,29H,9-10,13-14H2,1-3H3/t20-,23-,24-/m1/s1. The Morgan fingerprint density at radius 3 is 2.33 bits per heavy atom. The minimum atomic E-state index is 0.0883. The molecule has 0 spiro atoms. The molecule has 0 unspecified atom stereocenters. The monoisotopic (exact) mass is 463 g/mol. The molecule has 0 aliphatic heterocycles. The van der Waals surface area contributed by atoms with Crippen molar-refractivity contribution >= 4 is 17.9 Å². The fourth-order valence-corrected chi connectivity index (χ4v) is 5.46. The highest BCUT2D eigenvalue weighted by Gasteiger charge is 2.33. The van der Waals surface area contributed by atoms with Gasteiger partial charge in [0.05, 0.1) is 6.04 Å². The largest absolute Gasteiger partial charge is 0.451 e. The first kappa shape index (κ1) is 23.6. The molecule has 2 aromatic carbocycles. The Balaban J connectivity index is 1.28. The number of oxazole rings is 1. The number of aromatic nitrogens is 1. The maximum atomic E-state index is 13.5. The Kier molecular flexibility index (Phi) is 7.89. The smallest absolute Gasteiger partial charge is 0.226 e. The number of hydrogen-bond acceptors (Lipinski definition) is 5. The van der Waals surface area contributed by atoms with E-state index < -0.39 is 0 Å². The van der Waals surface area contributed by atoms with Gasteiger partial charge in [0, 0.05) is 28.5 Å². The van der Waals surface area contributed by atoms with Gasteiger partial charge in [-0.25, -0.2) is 4.98 Å². The Bertz CT molecular complexity index is 998. The topological polar surface area (TPSA) is 58.4 Å². The lowest BCUT2D eigenvalue weighted by Crippen LogP contribution is -2.44. The molecule has 33 heavy (non-hydrogen) atoms. The molecule has 1 saturated carbocycles. The summed E-state index contributed by atoms with van der Waals surface area (Å²) in [5.74, 6) is 0.416. The highest BCUT2D eigenvalue weighted by Crippen LogP contribution is 2.32. The molecule has 0 saturated heterocycles. The van der Waals surface area contributed by atoms with Crippen molar-refractivity contribution in [2.24, 2.45) is 5.92 Å². The molecule has 5 nitrogen and oxygen atoms in total. The van der Waals surface area contributed by atoms with Gasteiger partial charge >= 0.3 is 0 Å². The first-order valence-corrected chi connectivity index (χ1v) is 12.6. The molecular formula is C27H33N3O2S. The third-order valence-corrected chi connectivity index (χ3v) is 7.47. The Labute approximate surface area is 201 Å². The molecule has 4 rings (SSSR count). The highest BCUT2D eigenvalue weighted by molar-refractivity contribution is 7.97. The lowest BCUT2D eigenvalue weighted by molar-refractivity contribution is -0.141. The maximum absolute atomic E-state index is 13.5. The van der Waals surface area contributed by atoms with Crippen molar-refractivity contribution < 1.29 is 9.21 Å². The van der Waals surface area contributed by atoms with Crippen molar-refractivity contribution in [3.8, 4) is 11.3 Å². The van der Waals surface area contributed by atoms with Crippen molar-refractivity contribution in [3.63, 3.8) is 0 Å². The van der Waals surface area contributed by atoms with Crippen LogP contribution in [0.4, 0.5) is 0 Å². The summed E-state index contributed by atoms with van der Waals surface area (Å²) in [4.78, 5) is 20.9. The second-order valence-corrected chi connectivity index (χ2v) is 10.0. The fraction of sp³-hybridized carbons (Fsp3) is 0.407. The molecular weight excluding hydrogens is 430 g/mol. The van der Waals surface area contributed by atoms with Gasteiger partial charge in [0.25, 0.3) is 0 Å². The van der Waals surface area contributed by atoms with E-state index in [4.69, 9.17) is 4.42 Å². The molecule has 1 heterocycles. The summed E-state index contributed by atoms with van der Waals surface area (Å²) in [6.45, 7) is 6.38. The van der Waals surface area contributed by atoms with Crippen LogP contribution < -0.4 is 4.72 Å². The van der Waals surface area contributed by atoms with Gasteiger partial charge in [0.15, 0.2) is 6.39 Å². The SMILES string of the molecule is CC(C)N(C(=O)[C@H]1CC[C@H](NSc2ccc(-c3cocn3)cc2)CC1)[C@H](C)c1ccccc1. The number of benzene rings is 2. The van der Waals surface area contributed by atoms with Gasteiger partial charge in [-0.3, -0.25) is 9.52 Å². The average molecular weight is 464 g/mol. The van der Waals surface area contributed by atoms with Crippen LogP contribution in [0.25, 0.3) is 11.3 Å². The first-order valence-electron chi connectivity index (χ1n) is 11.8. The fourth-order valence-electron chi connectivity index (χ4n) is 4.65. The lowest BCUT2D eigenvalue weighted by Gasteiger charge is -2.38. The predicted octanol–water partition coefficient (Wildman–Crippen LogP) is 6.50. The third-order valence-electron chi connectivity index (χ3n) is 6.51. The minimum Gasteiger partial charge on any atom is -0.451 e. The Morgan fingerprint density at radius 2 is 1.73 bits per heavy atom. The quantitative estimate of drug-likeness (QED) is 0.387. The molecule has 1 aliphatic rings. The Morgan fingerprint density at radius 1 is 1.03 bits per heavy atom. The molecule has 1 aliphatic carbocycles. The Hall–Kier alpha value is -2.57. The normalized spacial score (nSPS) is 19.4. The number of rotatable bonds is 8. The van der Waals surface area contributed by atoms with Crippen LogP contribution >= 0.6 is 11.9 Å². The van der Waals surface area contributed by atoms with E-state index in [1.807, 2.05) is 18.2 Å². The van der Waals surface area contributed by atoms with Gasteiger partial charge in [0.2, 0.25) is 5.91 Å². The van der Waals surface area contributed by atoms with Crippen LogP contribution in [-0.4, -0.2) is 27.9 Å². The highest BCUT2D eigenvalue weighted by atomic mass is 32.2. The number of carbonyl (C=O) groups excluding carboxylic acids is 1. The number of nitrogens with zero attached hydrogens (tertiary/aromatic N) is 2. The van der Waals surface area contributed by atoms with Gasteiger partial charge < -0.3 is 9.32 Å². The zero-order valence-corrected chi connectivity index (χ0v) is 20.4. The first-order chi connectivity index (χ1) is 16.0. The van der Waals surface area contributed by atoms with Crippen LogP contribution in [0.5, 0.6) is 0 Å². The summed E-state index contributed by atoms with van der Waals surface area (Å²) in [6.07, 6.45) is 7.02. The second-order valence-electron chi connectivity index (χ2n) is 9.09. The molecule has 3 aromatic rings. The molecule has 1 aromatic heterocycles. The summed E-state index contributed by atoms with van der Waals surface area (Å²) in [5.41, 5.74) is 3.09. The van der Waals surface area contributed by atoms with Crippen LogP contribution in [0.2, 0.25) is 0 Å². The van der Waals surface area contributed by atoms with Gasteiger partial charge in [-0.2, -0.15) is 0 Å². The maximum Gasteiger partial charge on any atom is 0.226 e. The van der Waals surface area contributed by atoms with Crippen molar-refractivity contribution in [1.82, 2.24) is 14.6 Å². The van der Waals surface area contributed by atoms with Crippen LogP contribution in [0.15, 0.2) is 76.6 Å². The number of hydrogen-bond donors (Lipinski definition) is 1. The summed E-state index contributed by atoms with van der Waals surface area (Å²) in [5, 5.41) is 0. The zero-order valence-electron chi connectivity index (χ0n) is 19.6. The van der Waals surface area contributed by atoms with Crippen molar-refractivity contribution in [3.05, 3.63) is 72.8 Å². The van der Waals surface area contributed by atoms with E-state index in [1.54, 1.807) is 18.2 Å². The molecule has 0 radical (unpaired) electrons. The van der Waals surface area contributed by atoms with Crippen LogP contribution in [0.3, 0.4) is 0 Å². The number of amides is 1. The predicted molar refractivity (Wildman–Crippen MR) is 134 cm³/mol. The second kappa shape index (κ2) is 11.0. The van der Waals surface area contributed by atoms with Gasteiger partial charge in [-0.05, 0) is 76.1 Å². The van der Waals surface area contributed by atoms with E-state index in [2.05, 4.69) is 71.8 Å². The van der Waals surface area contributed by atoms with Gasteiger partial charge in [-0.15, -0.1) is 0 Å². The summed E-state index contributed by atoms with van der Waals surface area (Å²) < 4.78 is 8.67. The summed E-state index contributed by atoms with van der Waals surface area (Å²) in [6, 6.07) is 19.4. The van der Waals surface area contributed by atoms with E-state index >= 15 is 0 Å². The number of nitrogens with one attached hydrogen (secondary N) is 1. The minimum absolute atomic E-state index is 0.0883. The van der Waals surface area contributed by atoms with Crippen molar-refractivity contribution in [1.29, 1.82) is 0 Å². The molecule has 1 amide bonds. The van der Waals surface area contributed by atoms with E-state index in [0.29, 0.717) is 11.9 Å². The summed E-state index contributed by atoms with van der Waals surface area (Å²) in [7, 11) is 0. The van der Waals surface area contributed by atoms with E-state index in [1.165, 1.54) is 16.9 Å². The van der Waals surface area contributed by atoms with Gasteiger partial charge in [-0.1, -0.05) is 42.5 Å². The molecule has 1 atom stereocenters. The van der Waals surface area contributed by atoms with E-state index in [-0.39, 0.29) is 18.0 Å². The van der Waals surface area contributed by atoms with E-state index in [9.17, 15) is 4.79 Å². The van der Waals surface area contributed by atoms with Crippen molar-refractivity contribution in [2.75, 3.05) is 0 Å². The molecule has 1 fully saturated rings. The van der Waals surface area contributed by atoms with Crippen LogP contribution in [0.1, 0.15) is 58.1 Å². The molecule has 174 valence electrons. The molecule has 1 N–H and O–H groups in total. The lowest BCUT2D eigenvalue weighted by atomic mass is 9.85. The number of carbonyl (C=O) groups is 1. The van der Waals surface area contributed by atoms with Crippen LogP contribution in [0, 0.1) is 5.92 Å². The van der Waals surface area contributed by atoms with Crippen molar-refractivity contribution in [2.45, 2.75) is 69.5 Å². The molecule has 6 heteroatoms. The van der Waals surface area contributed by atoms with E-state index in [0.717, 1.165) is 36.9 Å². The van der Waals surface area contributed by atoms with Crippen LogP contribution in [-0.2, 0) is 4.79 Å². The zero-order chi connectivity index (χ0) is 23.2. The average Bonchev–Trinajstić information content (AvgIpc) is 3.39. The third kappa shape index (κ3) is 5.87.